The number of carbonyl (C=O) groups is 1. The zero-order chi connectivity index (χ0) is 17.3. The molecule has 0 unspecified atom stereocenters. The van der Waals surface area contributed by atoms with Gasteiger partial charge < -0.3 is 14.0 Å². The van der Waals surface area contributed by atoms with Gasteiger partial charge in [0.05, 0.1) is 11.2 Å². The van der Waals surface area contributed by atoms with Crippen LogP contribution in [-0.4, -0.2) is 24.3 Å². The molecule has 0 atom stereocenters. The maximum atomic E-state index is 12.2. The largest absolute Gasteiger partial charge is 0.464 e. The summed E-state index contributed by atoms with van der Waals surface area (Å²) in [5.74, 6) is -0.242. The first-order chi connectivity index (χ1) is 10.5. The number of hydrogen-bond donors (Lipinski definition) is 0. The van der Waals surface area contributed by atoms with Crippen molar-refractivity contribution in [1.82, 2.24) is 0 Å². The fourth-order valence-corrected chi connectivity index (χ4v) is 2.41. The third-order valence-electron chi connectivity index (χ3n) is 4.73. The molecule has 0 bridgehead atoms. The van der Waals surface area contributed by atoms with Gasteiger partial charge in [-0.1, -0.05) is 44.2 Å². The van der Waals surface area contributed by atoms with Crippen LogP contribution < -0.4 is 0 Å². The number of ether oxygens (including phenoxy) is 1. The number of benzene rings is 1. The fraction of sp³-hybridized carbons (Fsp3) is 0.611. The standard InChI is InChI=1S/C18H27BO4/c1-16(2,19-22-17(3,4)18(5,6)23-19)12-15(20)21-13-14-10-8-7-9-11-14/h7-11H,12-13H2,1-6H3. The van der Waals surface area contributed by atoms with Crippen molar-refractivity contribution in [2.75, 3.05) is 0 Å². The maximum Gasteiger partial charge on any atom is 0.464 e. The van der Waals surface area contributed by atoms with Gasteiger partial charge in [0.15, 0.2) is 0 Å². The molecule has 1 aromatic rings. The van der Waals surface area contributed by atoms with Crippen LogP contribution in [0.25, 0.3) is 0 Å². The molecule has 1 aromatic carbocycles. The summed E-state index contributed by atoms with van der Waals surface area (Å²) in [6.45, 7) is 12.3. The number of carbonyl (C=O) groups excluding carboxylic acids is 1. The summed E-state index contributed by atoms with van der Waals surface area (Å²) in [6.07, 6.45) is 0.247. The van der Waals surface area contributed by atoms with Crippen LogP contribution in [0.1, 0.15) is 53.5 Å². The molecule has 0 radical (unpaired) electrons. The molecular formula is C18H27BO4. The van der Waals surface area contributed by atoms with Crippen molar-refractivity contribution in [3.8, 4) is 0 Å². The summed E-state index contributed by atoms with van der Waals surface area (Å²) in [5, 5.41) is -0.460. The Labute approximate surface area is 139 Å². The highest BCUT2D eigenvalue weighted by atomic mass is 16.7. The maximum absolute atomic E-state index is 12.2. The van der Waals surface area contributed by atoms with Gasteiger partial charge in [0.25, 0.3) is 0 Å². The van der Waals surface area contributed by atoms with E-state index in [9.17, 15) is 4.79 Å². The van der Waals surface area contributed by atoms with Gasteiger partial charge in [-0.05, 0) is 33.3 Å². The molecule has 0 spiro atoms. The minimum atomic E-state index is -0.460. The molecule has 0 aliphatic carbocycles. The lowest BCUT2D eigenvalue weighted by atomic mass is 9.58. The second-order valence-electron chi connectivity index (χ2n) is 7.90. The zero-order valence-corrected chi connectivity index (χ0v) is 15.0. The molecule has 126 valence electrons. The molecule has 23 heavy (non-hydrogen) atoms. The second-order valence-corrected chi connectivity index (χ2v) is 7.90. The normalized spacial score (nSPS) is 19.7. The highest BCUT2D eigenvalue weighted by Gasteiger charge is 2.56. The lowest BCUT2D eigenvalue weighted by molar-refractivity contribution is -0.145. The molecule has 4 nitrogen and oxygen atoms in total. The van der Waals surface area contributed by atoms with E-state index in [1.165, 1.54) is 0 Å². The monoisotopic (exact) mass is 318 g/mol. The summed E-state index contributed by atoms with van der Waals surface area (Å²) >= 11 is 0. The first-order valence-corrected chi connectivity index (χ1v) is 8.09. The van der Waals surface area contributed by atoms with Crippen LogP contribution in [0.4, 0.5) is 0 Å². The summed E-state index contributed by atoms with van der Waals surface area (Å²) < 4.78 is 17.5. The predicted molar refractivity (Wildman–Crippen MR) is 91.0 cm³/mol. The van der Waals surface area contributed by atoms with Gasteiger partial charge in [0.2, 0.25) is 0 Å². The molecule has 5 heteroatoms. The van der Waals surface area contributed by atoms with E-state index in [4.69, 9.17) is 14.0 Å². The van der Waals surface area contributed by atoms with Crippen molar-refractivity contribution in [3.05, 3.63) is 35.9 Å². The average molecular weight is 318 g/mol. The minimum absolute atomic E-state index is 0.242. The zero-order valence-electron chi connectivity index (χ0n) is 15.0. The minimum Gasteiger partial charge on any atom is -0.461 e. The van der Waals surface area contributed by atoms with Crippen molar-refractivity contribution >= 4 is 13.1 Å². The van der Waals surface area contributed by atoms with Gasteiger partial charge in [-0.3, -0.25) is 4.79 Å². The highest BCUT2D eigenvalue weighted by molar-refractivity contribution is 6.49. The molecule has 0 amide bonds. The molecule has 1 fully saturated rings. The van der Waals surface area contributed by atoms with Crippen molar-refractivity contribution < 1.29 is 18.8 Å². The molecule has 0 aromatic heterocycles. The Bertz CT molecular complexity index is 535. The van der Waals surface area contributed by atoms with Crippen LogP contribution >= 0.6 is 0 Å². The first kappa shape index (κ1) is 18.0. The van der Waals surface area contributed by atoms with E-state index in [0.29, 0.717) is 6.61 Å². The Balaban J connectivity index is 1.92. The third-order valence-corrected chi connectivity index (χ3v) is 4.73. The molecule has 1 aliphatic heterocycles. The summed E-state index contributed by atoms with van der Waals surface area (Å²) in [7, 11) is -0.434. The van der Waals surface area contributed by atoms with Crippen LogP contribution in [-0.2, 0) is 25.4 Å². The topological polar surface area (TPSA) is 44.8 Å². The molecule has 1 aliphatic rings. The van der Waals surface area contributed by atoms with E-state index in [1.807, 2.05) is 71.9 Å². The Hall–Kier alpha value is -1.33. The van der Waals surface area contributed by atoms with Gasteiger partial charge in [-0.15, -0.1) is 0 Å². The van der Waals surface area contributed by atoms with Crippen LogP contribution in [0.5, 0.6) is 0 Å². The van der Waals surface area contributed by atoms with Crippen LogP contribution in [0.3, 0.4) is 0 Å². The predicted octanol–water partition coefficient (Wildman–Crippen LogP) is 3.99. The van der Waals surface area contributed by atoms with E-state index in [1.54, 1.807) is 0 Å². The number of rotatable bonds is 5. The van der Waals surface area contributed by atoms with Crippen LogP contribution in [0.2, 0.25) is 5.31 Å². The van der Waals surface area contributed by atoms with Gasteiger partial charge in [0, 0.05) is 11.7 Å². The Morgan fingerprint density at radius 3 is 2.13 bits per heavy atom. The van der Waals surface area contributed by atoms with Crippen LogP contribution in [0.15, 0.2) is 30.3 Å². The molecule has 1 heterocycles. The smallest absolute Gasteiger partial charge is 0.461 e. The van der Waals surface area contributed by atoms with Gasteiger partial charge in [-0.25, -0.2) is 0 Å². The van der Waals surface area contributed by atoms with E-state index in [2.05, 4.69) is 0 Å². The summed E-state index contributed by atoms with van der Waals surface area (Å²) in [6, 6.07) is 9.67. The number of hydrogen-bond acceptors (Lipinski definition) is 4. The molecule has 2 rings (SSSR count). The van der Waals surface area contributed by atoms with E-state index in [0.717, 1.165) is 5.56 Å². The van der Waals surface area contributed by atoms with E-state index in [-0.39, 0.29) is 12.4 Å². The average Bonchev–Trinajstić information content (AvgIpc) is 2.67. The second kappa shape index (κ2) is 6.29. The van der Waals surface area contributed by atoms with Gasteiger partial charge in [-0.2, -0.15) is 0 Å². The third kappa shape index (κ3) is 4.15. The highest BCUT2D eigenvalue weighted by Crippen LogP contribution is 2.46. The molecular weight excluding hydrogens is 291 g/mol. The SMILES string of the molecule is CC(C)(CC(=O)OCc1ccccc1)B1OC(C)(C)C(C)(C)O1. The van der Waals surface area contributed by atoms with E-state index < -0.39 is 23.6 Å². The van der Waals surface area contributed by atoms with Gasteiger partial charge >= 0.3 is 13.1 Å². The van der Waals surface area contributed by atoms with Crippen molar-refractivity contribution in [2.24, 2.45) is 0 Å². The quantitative estimate of drug-likeness (QED) is 0.608. The van der Waals surface area contributed by atoms with Crippen molar-refractivity contribution in [2.45, 2.75) is 71.1 Å². The lowest BCUT2D eigenvalue weighted by Crippen LogP contribution is -2.41. The van der Waals surface area contributed by atoms with Crippen molar-refractivity contribution in [3.63, 3.8) is 0 Å². The van der Waals surface area contributed by atoms with E-state index >= 15 is 0 Å². The van der Waals surface area contributed by atoms with Crippen molar-refractivity contribution in [1.29, 1.82) is 0 Å². The lowest BCUT2D eigenvalue weighted by Gasteiger charge is -2.32. The summed E-state index contributed by atoms with van der Waals surface area (Å²) in [5.41, 5.74) is 0.181. The molecule has 0 saturated carbocycles. The van der Waals surface area contributed by atoms with Gasteiger partial charge in [0.1, 0.15) is 6.61 Å². The summed E-state index contributed by atoms with van der Waals surface area (Å²) in [4.78, 5) is 12.2. The molecule has 0 N–H and O–H groups in total. The molecule has 1 saturated heterocycles. The Morgan fingerprint density at radius 1 is 1.09 bits per heavy atom. The first-order valence-electron chi connectivity index (χ1n) is 8.09. The Morgan fingerprint density at radius 2 is 1.61 bits per heavy atom. The fourth-order valence-electron chi connectivity index (χ4n) is 2.41. The number of esters is 1. The Kier molecular flexibility index (Phi) is 4.93. The van der Waals surface area contributed by atoms with Crippen LogP contribution in [0, 0.1) is 0 Å².